The fourth-order valence-electron chi connectivity index (χ4n) is 6.17. The topological polar surface area (TPSA) is 101 Å². The Bertz CT molecular complexity index is 1550. The molecule has 2 amide bonds. The number of hydrogen-bond donors (Lipinski definition) is 2. The Hall–Kier alpha value is -4.02. The van der Waals surface area contributed by atoms with Crippen molar-refractivity contribution < 1.29 is 13.6 Å². The van der Waals surface area contributed by atoms with Gasteiger partial charge in [0.05, 0.1) is 11.6 Å². The van der Waals surface area contributed by atoms with Gasteiger partial charge in [-0.1, -0.05) is 13.0 Å². The van der Waals surface area contributed by atoms with Gasteiger partial charge in [-0.3, -0.25) is 9.55 Å². The average molecular weight is 536 g/mol. The van der Waals surface area contributed by atoms with Gasteiger partial charge < -0.3 is 14.8 Å². The van der Waals surface area contributed by atoms with Crippen LogP contribution in [-0.2, 0) is 13.0 Å². The number of nitrogens with zero attached hydrogens (tertiary/aromatic N) is 5. The first kappa shape index (κ1) is 25.3. The summed E-state index contributed by atoms with van der Waals surface area (Å²) in [6.45, 7) is 3.42. The molecule has 0 radical (unpaired) electrons. The van der Waals surface area contributed by atoms with Crippen LogP contribution in [0.1, 0.15) is 67.7 Å². The second kappa shape index (κ2) is 10.3. The maximum Gasteiger partial charge on any atom is 0.327 e. The van der Waals surface area contributed by atoms with Gasteiger partial charge in [-0.25, -0.2) is 28.3 Å². The van der Waals surface area contributed by atoms with Crippen molar-refractivity contribution in [3.05, 3.63) is 81.9 Å². The van der Waals surface area contributed by atoms with E-state index < -0.39 is 11.6 Å². The highest BCUT2D eigenvalue weighted by molar-refractivity contribution is 5.75. The molecule has 1 fully saturated rings. The molecule has 4 aromatic rings. The molecule has 1 saturated heterocycles. The lowest BCUT2D eigenvalue weighted by atomic mass is 9.92. The van der Waals surface area contributed by atoms with Gasteiger partial charge in [-0.05, 0) is 56.4 Å². The number of rotatable bonds is 4. The molecule has 9 nitrogen and oxygen atoms in total. The number of carbonyl (C=O) groups is 1. The molecule has 5 heterocycles. The van der Waals surface area contributed by atoms with Crippen molar-refractivity contribution in [2.45, 2.75) is 63.6 Å². The van der Waals surface area contributed by atoms with E-state index >= 15 is 0 Å². The Morgan fingerprint density at radius 2 is 1.85 bits per heavy atom. The molecule has 0 bridgehead atoms. The molecule has 0 spiro atoms. The fourth-order valence-corrected chi connectivity index (χ4v) is 6.17. The van der Waals surface area contributed by atoms with Crippen molar-refractivity contribution in [1.82, 2.24) is 34.3 Å². The van der Waals surface area contributed by atoms with E-state index in [1.165, 1.54) is 18.2 Å². The first-order valence-electron chi connectivity index (χ1n) is 13.5. The van der Waals surface area contributed by atoms with Crippen molar-refractivity contribution in [3.8, 4) is 0 Å². The Morgan fingerprint density at radius 3 is 2.59 bits per heavy atom. The molecule has 2 atom stereocenters. The number of halogens is 2. The second-order valence-electron chi connectivity index (χ2n) is 10.4. The van der Waals surface area contributed by atoms with Crippen LogP contribution in [0.3, 0.4) is 0 Å². The Labute approximate surface area is 223 Å². The molecule has 2 aliphatic rings. The first-order valence-corrected chi connectivity index (χ1v) is 13.5. The molecule has 0 aliphatic carbocycles. The molecule has 1 aromatic carbocycles. The number of aryl methyl sites for hydroxylation is 1. The lowest BCUT2D eigenvalue weighted by Gasteiger charge is -2.33. The summed E-state index contributed by atoms with van der Waals surface area (Å²) in [4.78, 5) is 39.4. The van der Waals surface area contributed by atoms with Crippen molar-refractivity contribution in [2.24, 2.45) is 0 Å². The summed E-state index contributed by atoms with van der Waals surface area (Å²) in [5.74, 6) is -0.747. The van der Waals surface area contributed by atoms with E-state index in [2.05, 4.69) is 20.3 Å². The standard InChI is InChI=1S/C28H31F2N7O2/c1-2-18-15-32-26-22(9-8-17(16-36(18)26)24-20(29)5-3-6-21(24)30)33-27(38)35-13-10-19(11-14-35)37-23-7-4-12-31-25(23)34-28(37)39/h3-7,12,15,17,19,22H,2,8-11,13-14,16H2,1H3,(H,33,38)(H,31,34,39). The molecular weight excluding hydrogens is 504 g/mol. The van der Waals surface area contributed by atoms with Crippen molar-refractivity contribution in [2.75, 3.05) is 13.1 Å². The highest BCUT2D eigenvalue weighted by atomic mass is 19.1. The third-order valence-corrected chi connectivity index (χ3v) is 8.16. The van der Waals surface area contributed by atoms with Crippen LogP contribution in [-0.4, -0.2) is 48.1 Å². The van der Waals surface area contributed by atoms with Crippen LogP contribution in [0.5, 0.6) is 0 Å². The van der Waals surface area contributed by atoms with Crippen molar-refractivity contribution in [3.63, 3.8) is 0 Å². The number of aromatic amines is 1. The van der Waals surface area contributed by atoms with Crippen LogP contribution in [0.25, 0.3) is 11.2 Å². The minimum absolute atomic E-state index is 0.0279. The van der Waals surface area contributed by atoms with E-state index in [0.717, 1.165) is 17.6 Å². The number of fused-ring (bicyclic) bond motifs is 2. The Kier molecular flexibility index (Phi) is 6.66. The van der Waals surface area contributed by atoms with Crippen LogP contribution >= 0.6 is 0 Å². The van der Waals surface area contributed by atoms with Gasteiger partial charge in [0.25, 0.3) is 0 Å². The van der Waals surface area contributed by atoms with E-state index in [1.807, 2.05) is 17.6 Å². The zero-order valence-corrected chi connectivity index (χ0v) is 21.7. The largest absolute Gasteiger partial charge is 0.330 e. The summed E-state index contributed by atoms with van der Waals surface area (Å²) < 4.78 is 33.1. The maximum atomic E-state index is 14.7. The summed E-state index contributed by atoms with van der Waals surface area (Å²) in [7, 11) is 0. The van der Waals surface area contributed by atoms with Crippen LogP contribution in [0.2, 0.25) is 0 Å². The number of amides is 2. The number of pyridine rings is 1. The lowest BCUT2D eigenvalue weighted by molar-refractivity contribution is 0.167. The summed E-state index contributed by atoms with van der Waals surface area (Å²) >= 11 is 0. The van der Waals surface area contributed by atoms with E-state index in [-0.39, 0.29) is 35.3 Å². The van der Waals surface area contributed by atoms with E-state index in [9.17, 15) is 18.4 Å². The molecule has 2 N–H and O–H groups in total. The van der Waals surface area contributed by atoms with Gasteiger partial charge >= 0.3 is 11.7 Å². The third-order valence-electron chi connectivity index (χ3n) is 8.16. The number of piperidine rings is 1. The monoisotopic (exact) mass is 535 g/mol. The second-order valence-corrected chi connectivity index (χ2v) is 10.4. The number of urea groups is 1. The normalized spacial score (nSPS) is 20.1. The SMILES string of the molecule is CCc1cnc2n1CC(c1c(F)cccc1F)CCC2NC(=O)N1CCC(n2c(=O)[nH]c3ncccc32)CC1. The van der Waals surface area contributed by atoms with E-state index in [0.29, 0.717) is 56.8 Å². The molecule has 6 rings (SSSR count). The number of hydrogen-bond acceptors (Lipinski definition) is 4. The number of aromatic nitrogens is 5. The van der Waals surface area contributed by atoms with Crippen LogP contribution in [0.4, 0.5) is 13.6 Å². The molecule has 3 aromatic heterocycles. The summed E-state index contributed by atoms with van der Waals surface area (Å²) in [5.41, 5.74) is 2.20. The number of likely N-dealkylation sites (tertiary alicyclic amines) is 1. The molecule has 2 unspecified atom stereocenters. The Morgan fingerprint density at radius 1 is 1.08 bits per heavy atom. The highest BCUT2D eigenvalue weighted by Gasteiger charge is 2.33. The van der Waals surface area contributed by atoms with Crippen LogP contribution in [0, 0.1) is 11.6 Å². The summed E-state index contributed by atoms with van der Waals surface area (Å²) in [6.07, 6.45) is 6.46. The van der Waals surface area contributed by atoms with Gasteiger partial charge in [-0.15, -0.1) is 0 Å². The number of H-pyrrole nitrogens is 1. The molecule has 204 valence electrons. The van der Waals surface area contributed by atoms with Gasteiger partial charge in [0.2, 0.25) is 0 Å². The maximum absolute atomic E-state index is 14.7. The van der Waals surface area contributed by atoms with Crippen molar-refractivity contribution in [1.29, 1.82) is 0 Å². The average Bonchev–Trinajstić information content (AvgIpc) is 3.44. The number of benzene rings is 1. The third kappa shape index (κ3) is 4.59. The molecule has 0 saturated carbocycles. The predicted octanol–water partition coefficient (Wildman–Crippen LogP) is 4.43. The van der Waals surface area contributed by atoms with Gasteiger partial charge in [0.1, 0.15) is 17.5 Å². The molecule has 11 heteroatoms. The summed E-state index contributed by atoms with van der Waals surface area (Å²) in [5, 5.41) is 3.15. The molecule has 2 aliphatic heterocycles. The molecule has 39 heavy (non-hydrogen) atoms. The minimum Gasteiger partial charge on any atom is -0.330 e. The molecular formula is C28H31F2N7O2. The van der Waals surface area contributed by atoms with Gasteiger partial charge in [0, 0.05) is 55.2 Å². The lowest BCUT2D eigenvalue weighted by Crippen LogP contribution is -2.46. The van der Waals surface area contributed by atoms with Crippen LogP contribution in [0.15, 0.2) is 47.5 Å². The first-order chi connectivity index (χ1) is 18.9. The quantitative estimate of drug-likeness (QED) is 0.404. The van der Waals surface area contributed by atoms with Gasteiger partial charge in [-0.2, -0.15) is 0 Å². The zero-order chi connectivity index (χ0) is 27.1. The van der Waals surface area contributed by atoms with Crippen molar-refractivity contribution >= 4 is 17.2 Å². The zero-order valence-electron chi connectivity index (χ0n) is 21.7. The number of imidazole rings is 2. The fraction of sp³-hybridized carbons (Fsp3) is 0.429. The smallest absolute Gasteiger partial charge is 0.327 e. The predicted molar refractivity (Wildman–Crippen MR) is 141 cm³/mol. The van der Waals surface area contributed by atoms with E-state index in [4.69, 9.17) is 0 Å². The number of nitrogens with one attached hydrogen (secondary N) is 2. The minimum atomic E-state index is -0.546. The highest BCUT2D eigenvalue weighted by Crippen LogP contribution is 2.36. The Balaban J connectivity index is 1.17. The summed E-state index contributed by atoms with van der Waals surface area (Å²) in [6, 6.07) is 7.04. The number of carbonyl (C=O) groups excluding carboxylic acids is 1. The van der Waals surface area contributed by atoms with Gasteiger partial charge in [0.15, 0.2) is 5.65 Å². The van der Waals surface area contributed by atoms with E-state index in [1.54, 1.807) is 27.9 Å². The van der Waals surface area contributed by atoms with Crippen LogP contribution < -0.4 is 11.0 Å².